The summed E-state index contributed by atoms with van der Waals surface area (Å²) >= 11 is 5.49. The highest BCUT2D eigenvalue weighted by molar-refractivity contribution is 6.17. The highest BCUT2D eigenvalue weighted by Crippen LogP contribution is 2.34. The molecule has 0 atom stereocenters. The molecule has 2 rings (SSSR count). The van der Waals surface area contributed by atoms with Gasteiger partial charge in [-0.05, 0) is 24.1 Å². The Labute approximate surface area is 135 Å². The summed E-state index contributed by atoms with van der Waals surface area (Å²) in [4.78, 5) is 11.7. The van der Waals surface area contributed by atoms with Crippen molar-refractivity contribution in [2.24, 2.45) is 0 Å². The van der Waals surface area contributed by atoms with E-state index >= 15 is 0 Å². The van der Waals surface area contributed by atoms with Crippen molar-refractivity contribution >= 4 is 17.4 Å². The zero-order valence-corrected chi connectivity index (χ0v) is 13.5. The van der Waals surface area contributed by atoms with E-state index in [0.717, 1.165) is 17.5 Å². The molecule has 122 valence electrons. The van der Waals surface area contributed by atoms with Gasteiger partial charge in [-0.2, -0.15) is 0 Å². The maximum atomic E-state index is 11.7. The molecule has 0 fully saturated rings. The Morgan fingerprint density at radius 3 is 2.45 bits per heavy atom. The Morgan fingerprint density at radius 1 is 1.00 bits per heavy atom. The van der Waals surface area contributed by atoms with Crippen LogP contribution in [0.25, 0.3) is 0 Å². The van der Waals surface area contributed by atoms with Gasteiger partial charge in [-0.1, -0.05) is 0 Å². The summed E-state index contributed by atoms with van der Waals surface area (Å²) in [6, 6.07) is 3.66. The number of aryl methyl sites for hydroxylation is 1. The van der Waals surface area contributed by atoms with Crippen molar-refractivity contribution in [3.05, 3.63) is 23.3 Å². The molecule has 0 spiro atoms. The van der Waals surface area contributed by atoms with E-state index in [2.05, 4.69) is 0 Å². The van der Waals surface area contributed by atoms with Gasteiger partial charge in [-0.15, -0.1) is 11.6 Å². The Hall–Kier alpha value is -1.30. The van der Waals surface area contributed by atoms with Crippen LogP contribution in [-0.2, 0) is 15.9 Å². The van der Waals surface area contributed by atoms with Gasteiger partial charge in [0.25, 0.3) is 0 Å². The van der Waals surface area contributed by atoms with Crippen LogP contribution < -0.4 is 9.47 Å². The first kappa shape index (κ1) is 17.1. The number of hydrogen-bond donors (Lipinski definition) is 0. The van der Waals surface area contributed by atoms with Gasteiger partial charge in [0, 0.05) is 17.9 Å². The van der Waals surface area contributed by atoms with Gasteiger partial charge < -0.3 is 18.9 Å². The van der Waals surface area contributed by atoms with Crippen LogP contribution in [0.3, 0.4) is 0 Å². The van der Waals surface area contributed by atoms with Crippen molar-refractivity contribution in [3.8, 4) is 11.5 Å². The maximum absolute atomic E-state index is 11.7. The van der Waals surface area contributed by atoms with Gasteiger partial charge in [0.1, 0.15) is 6.61 Å². The van der Waals surface area contributed by atoms with E-state index in [1.807, 2.05) is 6.07 Å². The summed E-state index contributed by atoms with van der Waals surface area (Å²) in [5, 5.41) is 0. The number of rotatable bonds is 10. The largest absolute Gasteiger partial charge is 0.493 e. The van der Waals surface area contributed by atoms with Gasteiger partial charge in [0.2, 0.25) is 0 Å². The third-order valence-corrected chi connectivity index (χ3v) is 3.54. The Kier molecular flexibility index (Phi) is 6.96. The first-order chi connectivity index (χ1) is 10.8. The summed E-state index contributed by atoms with van der Waals surface area (Å²) in [6.07, 6.45) is 1.33. The minimum Gasteiger partial charge on any atom is -0.493 e. The Balaban J connectivity index is 1.77. The molecule has 0 amide bonds. The molecule has 0 saturated carbocycles. The molecule has 0 radical (unpaired) electrons. The molecule has 0 N–H and O–H groups in total. The number of carbonyl (C=O) groups excluding carboxylic acids is 1. The van der Waals surface area contributed by atoms with E-state index in [0.29, 0.717) is 56.8 Å². The second-order valence-electron chi connectivity index (χ2n) is 4.85. The van der Waals surface area contributed by atoms with Crippen LogP contribution in [-0.4, -0.2) is 51.8 Å². The lowest BCUT2D eigenvalue weighted by Crippen LogP contribution is -2.12. The summed E-state index contributed by atoms with van der Waals surface area (Å²) < 4.78 is 21.6. The SMILES string of the molecule is COc1cc2c(cc1OCCOCCOCCCl)CCC2=O. The normalized spacial score (nSPS) is 13.3. The van der Waals surface area contributed by atoms with Crippen LogP contribution >= 0.6 is 11.6 Å². The van der Waals surface area contributed by atoms with Crippen molar-refractivity contribution < 1.29 is 23.7 Å². The molecule has 1 aliphatic carbocycles. The number of methoxy groups -OCH3 is 1. The minimum absolute atomic E-state index is 0.167. The average Bonchev–Trinajstić information content (AvgIpc) is 2.89. The van der Waals surface area contributed by atoms with Crippen molar-refractivity contribution in [1.82, 2.24) is 0 Å². The fourth-order valence-electron chi connectivity index (χ4n) is 2.31. The molecule has 1 aromatic carbocycles. The van der Waals surface area contributed by atoms with E-state index in [1.165, 1.54) is 0 Å². The Bertz CT molecular complexity index is 504. The topological polar surface area (TPSA) is 54.0 Å². The number of ketones is 1. The van der Waals surface area contributed by atoms with E-state index in [4.69, 9.17) is 30.5 Å². The number of carbonyl (C=O) groups is 1. The number of Topliss-reactive ketones (excluding diaryl/α,β-unsaturated/α-hetero) is 1. The molecule has 0 heterocycles. The molecule has 1 aliphatic rings. The highest BCUT2D eigenvalue weighted by Gasteiger charge is 2.22. The van der Waals surface area contributed by atoms with Crippen molar-refractivity contribution in [3.63, 3.8) is 0 Å². The number of alkyl halides is 1. The van der Waals surface area contributed by atoms with E-state index < -0.39 is 0 Å². The van der Waals surface area contributed by atoms with Crippen LogP contribution in [0.5, 0.6) is 11.5 Å². The molecule has 0 unspecified atom stereocenters. The lowest BCUT2D eigenvalue weighted by molar-refractivity contribution is 0.0407. The van der Waals surface area contributed by atoms with Crippen LogP contribution in [0.15, 0.2) is 12.1 Å². The lowest BCUT2D eigenvalue weighted by Gasteiger charge is -2.12. The van der Waals surface area contributed by atoms with E-state index in [1.54, 1.807) is 13.2 Å². The molecule has 6 heteroatoms. The van der Waals surface area contributed by atoms with Crippen molar-refractivity contribution in [2.45, 2.75) is 12.8 Å². The fraction of sp³-hybridized carbons (Fsp3) is 0.562. The smallest absolute Gasteiger partial charge is 0.163 e. The molecule has 0 bridgehead atoms. The van der Waals surface area contributed by atoms with Crippen LogP contribution in [0.4, 0.5) is 0 Å². The molecular formula is C16H21ClO5. The molecular weight excluding hydrogens is 308 g/mol. The molecule has 5 nitrogen and oxygen atoms in total. The van der Waals surface area contributed by atoms with Gasteiger partial charge in [-0.25, -0.2) is 0 Å². The second kappa shape index (κ2) is 8.98. The average molecular weight is 329 g/mol. The zero-order chi connectivity index (χ0) is 15.8. The lowest BCUT2D eigenvalue weighted by atomic mass is 10.1. The summed E-state index contributed by atoms with van der Waals surface area (Å²) in [7, 11) is 1.57. The minimum atomic E-state index is 0.167. The number of ether oxygens (including phenoxy) is 4. The summed E-state index contributed by atoms with van der Waals surface area (Å²) in [5.41, 5.74) is 1.77. The van der Waals surface area contributed by atoms with Crippen LogP contribution in [0, 0.1) is 0 Å². The number of fused-ring (bicyclic) bond motifs is 1. The second-order valence-corrected chi connectivity index (χ2v) is 5.22. The molecule has 0 aliphatic heterocycles. The quantitative estimate of drug-likeness (QED) is 0.488. The third-order valence-electron chi connectivity index (χ3n) is 3.39. The molecule has 0 saturated heterocycles. The predicted octanol–water partition coefficient (Wildman–Crippen LogP) is 2.47. The monoisotopic (exact) mass is 328 g/mol. The zero-order valence-electron chi connectivity index (χ0n) is 12.7. The summed E-state index contributed by atoms with van der Waals surface area (Å²) in [5.74, 6) is 1.89. The first-order valence-corrected chi connectivity index (χ1v) is 7.88. The summed E-state index contributed by atoms with van der Waals surface area (Å²) in [6.45, 7) is 2.45. The molecule has 1 aromatic rings. The van der Waals surface area contributed by atoms with Crippen molar-refractivity contribution in [2.75, 3.05) is 46.0 Å². The van der Waals surface area contributed by atoms with Crippen LogP contribution in [0.2, 0.25) is 0 Å². The van der Waals surface area contributed by atoms with Crippen molar-refractivity contribution in [1.29, 1.82) is 0 Å². The van der Waals surface area contributed by atoms with E-state index in [9.17, 15) is 4.79 Å². The molecule has 22 heavy (non-hydrogen) atoms. The van der Waals surface area contributed by atoms with Crippen LogP contribution in [0.1, 0.15) is 22.3 Å². The molecule has 0 aromatic heterocycles. The standard InChI is InChI=1S/C16H21ClO5/c1-19-15-11-13-12(2-3-14(13)18)10-16(15)22-9-8-21-7-6-20-5-4-17/h10-11H,2-9H2,1H3. The number of benzene rings is 1. The number of hydrogen-bond acceptors (Lipinski definition) is 5. The number of halogens is 1. The highest BCUT2D eigenvalue weighted by atomic mass is 35.5. The fourth-order valence-corrected chi connectivity index (χ4v) is 2.42. The predicted molar refractivity (Wildman–Crippen MR) is 83.5 cm³/mol. The third kappa shape index (κ3) is 4.60. The maximum Gasteiger partial charge on any atom is 0.163 e. The first-order valence-electron chi connectivity index (χ1n) is 7.34. The van der Waals surface area contributed by atoms with Gasteiger partial charge >= 0.3 is 0 Å². The van der Waals surface area contributed by atoms with Gasteiger partial charge in [-0.3, -0.25) is 4.79 Å². The Morgan fingerprint density at radius 2 is 1.73 bits per heavy atom. The van der Waals surface area contributed by atoms with Gasteiger partial charge in [0.15, 0.2) is 17.3 Å². The van der Waals surface area contributed by atoms with E-state index in [-0.39, 0.29) is 5.78 Å². The van der Waals surface area contributed by atoms with Gasteiger partial charge in [0.05, 0.1) is 33.5 Å².